The van der Waals surface area contributed by atoms with Gasteiger partial charge in [0.25, 0.3) is 0 Å². The second-order valence-electron chi connectivity index (χ2n) is 8.44. The van der Waals surface area contributed by atoms with Crippen molar-refractivity contribution < 1.29 is 9.59 Å². The summed E-state index contributed by atoms with van der Waals surface area (Å²) in [6.07, 6.45) is 0.996. The van der Waals surface area contributed by atoms with Gasteiger partial charge in [0.15, 0.2) is 0 Å². The molecule has 1 aliphatic rings. The van der Waals surface area contributed by atoms with Crippen molar-refractivity contribution in [2.24, 2.45) is 5.92 Å². The van der Waals surface area contributed by atoms with Crippen molar-refractivity contribution in [1.29, 1.82) is 0 Å². The van der Waals surface area contributed by atoms with E-state index in [0.29, 0.717) is 18.1 Å². The first kappa shape index (κ1) is 20.4. The number of hydrogen-bond acceptors (Lipinski definition) is 2. The highest BCUT2D eigenvalue weighted by molar-refractivity contribution is 6.30. The van der Waals surface area contributed by atoms with Gasteiger partial charge in [-0.1, -0.05) is 56.6 Å². The molecule has 2 aromatic rings. The minimum atomic E-state index is -0.311. The molecule has 3 rings (SSSR count). The molecule has 0 aliphatic carbocycles. The Kier molecular flexibility index (Phi) is 6.09. The van der Waals surface area contributed by atoms with Gasteiger partial charge in [0.2, 0.25) is 11.8 Å². The Balaban J connectivity index is 1.54. The van der Waals surface area contributed by atoms with E-state index >= 15 is 0 Å². The molecule has 2 aromatic carbocycles. The minimum absolute atomic E-state index is 0.0326. The van der Waals surface area contributed by atoms with Gasteiger partial charge in [0, 0.05) is 30.2 Å². The van der Waals surface area contributed by atoms with Crippen molar-refractivity contribution >= 4 is 29.1 Å². The van der Waals surface area contributed by atoms with Crippen molar-refractivity contribution in [3.63, 3.8) is 0 Å². The Bertz CT molecular complexity index is 856. The molecule has 5 heteroatoms. The van der Waals surface area contributed by atoms with Crippen LogP contribution in [0.1, 0.15) is 38.3 Å². The van der Waals surface area contributed by atoms with Crippen LogP contribution in [0.3, 0.4) is 0 Å². The summed E-state index contributed by atoms with van der Waals surface area (Å²) >= 11 is 6.01. The zero-order valence-electron chi connectivity index (χ0n) is 16.7. The number of carbonyl (C=O) groups excluding carboxylic acids is 2. The normalized spacial score (nSPS) is 17.1. The number of amides is 2. The summed E-state index contributed by atoms with van der Waals surface area (Å²) in [6, 6.07) is 15.6. The Morgan fingerprint density at radius 3 is 2.54 bits per heavy atom. The third-order valence-corrected chi connectivity index (χ3v) is 5.40. The number of halogens is 1. The molecule has 28 heavy (non-hydrogen) atoms. The minimum Gasteiger partial charge on any atom is -0.342 e. The van der Waals surface area contributed by atoms with Gasteiger partial charge in [0.05, 0.1) is 5.92 Å². The Morgan fingerprint density at radius 1 is 1.18 bits per heavy atom. The lowest BCUT2D eigenvalue weighted by Crippen LogP contribution is -2.30. The SMILES string of the molecule is CC(C)(C)c1ccc(NC(=O)C2CC(=O)N(CCc3cccc(Cl)c3)C2)cc1. The Hall–Kier alpha value is -2.33. The summed E-state index contributed by atoms with van der Waals surface area (Å²) in [5, 5.41) is 3.64. The van der Waals surface area contributed by atoms with Crippen molar-refractivity contribution in [1.82, 2.24) is 4.90 Å². The van der Waals surface area contributed by atoms with Crippen LogP contribution in [-0.4, -0.2) is 29.8 Å². The average molecular weight is 399 g/mol. The highest BCUT2D eigenvalue weighted by Crippen LogP contribution is 2.25. The molecule has 1 aliphatic heterocycles. The topological polar surface area (TPSA) is 49.4 Å². The van der Waals surface area contributed by atoms with E-state index in [2.05, 4.69) is 26.1 Å². The van der Waals surface area contributed by atoms with Gasteiger partial charge in [-0.05, 0) is 47.2 Å². The van der Waals surface area contributed by atoms with E-state index in [1.54, 1.807) is 4.90 Å². The van der Waals surface area contributed by atoms with Crippen LogP contribution >= 0.6 is 11.6 Å². The zero-order chi connectivity index (χ0) is 20.3. The van der Waals surface area contributed by atoms with Crippen molar-refractivity contribution in [3.05, 3.63) is 64.7 Å². The van der Waals surface area contributed by atoms with Gasteiger partial charge < -0.3 is 10.2 Å². The van der Waals surface area contributed by atoms with Gasteiger partial charge >= 0.3 is 0 Å². The average Bonchev–Trinajstić information content (AvgIpc) is 3.01. The van der Waals surface area contributed by atoms with Crippen LogP contribution in [0, 0.1) is 5.92 Å². The van der Waals surface area contributed by atoms with Gasteiger partial charge in [-0.15, -0.1) is 0 Å². The van der Waals surface area contributed by atoms with E-state index in [4.69, 9.17) is 11.6 Å². The van der Waals surface area contributed by atoms with Crippen LogP contribution in [0.25, 0.3) is 0 Å². The maximum absolute atomic E-state index is 12.6. The summed E-state index contributed by atoms with van der Waals surface area (Å²) in [5.74, 6) is -0.374. The fraction of sp³-hybridized carbons (Fsp3) is 0.391. The molecule has 1 N–H and O–H groups in total. The lowest BCUT2D eigenvalue weighted by molar-refractivity contribution is -0.128. The molecular weight excluding hydrogens is 372 g/mol. The third-order valence-electron chi connectivity index (χ3n) is 5.16. The third kappa shape index (κ3) is 5.14. The molecule has 0 bridgehead atoms. The van der Waals surface area contributed by atoms with E-state index < -0.39 is 0 Å². The summed E-state index contributed by atoms with van der Waals surface area (Å²) in [4.78, 5) is 26.7. The fourth-order valence-corrected chi connectivity index (χ4v) is 3.63. The van der Waals surface area contributed by atoms with E-state index in [0.717, 1.165) is 17.7 Å². The van der Waals surface area contributed by atoms with Gasteiger partial charge in [-0.3, -0.25) is 9.59 Å². The lowest BCUT2D eigenvalue weighted by atomic mass is 9.87. The van der Waals surface area contributed by atoms with Crippen LogP contribution in [-0.2, 0) is 21.4 Å². The first-order valence-corrected chi connectivity index (χ1v) is 10.0. The molecule has 1 heterocycles. The molecule has 0 radical (unpaired) electrons. The number of benzene rings is 2. The van der Waals surface area contributed by atoms with Crippen LogP contribution in [0.15, 0.2) is 48.5 Å². The second-order valence-corrected chi connectivity index (χ2v) is 8.87. The van der Waals surface area contributed by atoms with Crippen molar-refractivity contribution in [3.8, 4) is 0 Å². The predicted molar refractivity (Wildman–Crippen MR) is 114 cm³/mol. The Labute approximate surface area is 171 Å². The first-order valence-electron chi connectivity index (χ1n) is 9.66. The highest BCUT2D eigenvalue weighted by atomic mass is 35.5. The molecule has 1 saturated heterocycles. The van der Waals surface area contributed by atoms with E-state index in [-0.39, 0.29) is 29.6 Å². The molecule has 0 spiro atoms. The maximum Gasteiger partial charge on any atom is 0.229 e. The van der Waals surface area contributed by atoms with Gasteiger partial charge in [-0.2, -0.15) is 0 Å². The molecule has 0 saturated carbocycles. The molecule has 2 amide bonds. The molecular formula is C23H27ClN2O2. The number of likely N-dealkylation sites (tertiary alicyclic amines) is 1. The molecule has 148 valence electrons. The largest absolute Gasteiger partial charge is 0.342 e. The number of nitrogens with one attached hydrogen (secondary N) is 1. The number of nitrogens with zero attached hydrogens (tertiary/aromatic N) is 1. The van der Waals surface area contributed by atoms with Crippen LogP contribution in [0.5, 0.6) is 0 Å². The van der Waals surface area contributed by atoms with Crippen LogP contribution < -0.4 is 5.32 Å². The van der Waals surface area contributed by atoms with Crippen LogP contribution in [0.2, 0.25) is 5.02 Å². The van der Waals surface area contributed by atoms with E-state index in [9.17, 15) is 9.59 Å². The second kappa shape index (κ2) is 8.36. The van der Waals surface area contributed by atoms with Crippen LogP contribution in [0.4, 0.5) is 5.69 Å². The summed E-state index contributed by atoms with van der Waals surface area (Å²) < 4.78 is 0. The maximum atomic E-state index is 12.6. The zero-order valence-corrected chi connectivity index (χ0v) is 17.4. The van der Waals surface area contributed by atoms with Crippen molar-refractivity contribution in [2.75, 3.05) is 18.4 Å². The Morgan fingerprint density at radius 2 is 1.89 bits per heavy atom. The first-order chi connectivity index (χ1) is 13.2. The van der Waals surface area contributed by atoms with Crippen molar-refractivity contribution in [2.45, 2.75) is 39.0 Å². The van der Waals surface area contributed by atoms with Gasteiger partial charge in [-0.25, -0.2) is 0 Å². The monoisotopic (exact) mass is 398 g/mol. The fourth-order valence-electron chi connectivity index (χ4n) is 3.42. The van der Waals surface area contributed by atoms with E-state index in [1.807, 2.05) is 48.5 Å². The summed E-state index contributed by atoms with van der Waals surface area (Å²) in [6.45, 7) is 7.53. The highest BCUT2D eigenvalue weighted by Gasteiger charge is 2.34. The predicted octanol–water partition coefficient (Wildman–Crippen LogP) is 4.67. The quantitative estimate of drug-likeness (QED) is 0.795. The molecule has 0 aromatic heterocycles. The standard InChI is InChI=1S/C23H27ClN2O2/c1-23(2,3)18-7-9-20(10-8-18)25-22(28)17-14-21(27)26(15-17)12-11-16-5-4-6-19(24)13-16/h4-10,13,17H,11-12,14-15H2,1-3H3,(H,25,28). The molecule has 1 atom stereocenters. The molecule has 4 nitrogen and oxygen atoms in total. The number of carbonyl (C=O) groups is 2. The summed E-state index contributed by atoms with van der Waals surface area (Å²) in [7, 11) is 0. The number of rotatable bonds is 5. The molecule has 1 unspecified atom stereocenters. The van der Waals surface area contributed by atoms with Gasteiger partial charge in [0.1, 0.15) is 0 Å². The number of hydrogen-bond donors (Lipinski definition) is 1. The number of anilines is 1. The summed E-state index contributed by atoms with van der Waals surface area (Å²) in [5.41, 5.74) is 3.15. The van der Waals surface area contributed by atoms with E-state index in [1.165, 1.54) is 5.56 Å². The smallest absolute Gasteiger partial charge is 0.229 e. The lowest BCUT2D eigenvalue weighted by Gasteiger charge is -2.19. The molecule has 1 fully saturated rings.